The molecule has 0 saturated carbocycles. The number of nitrogens with one attached hydrogen (secondary N) is 1. The summed E-state index contributed by atoms with van der Waals surface area (Å²) in [5.41, 5.74) is -0.680. The van der Waals surface area contributed by atoms with Gasteiger partial charge in [-0.15, -0.1) is 0 Å². The number of thiocarbonyl (C=S) groups is 1. The number of ketones is 1. The van der Waals surface area contributed by atoms with Gasteiger partial charge < -0.3 is 10.1 Å². The topological polar surface area (TPSA) is 81.5 Å². The molecule has 1 atom stereocenters. The van der Waals surface area contributed by atoms with E-state index in [0.29, 0.717) is 16.3 Å². The monoisotopic (exact) mass is 294 g/mol. The molecule has 106 valence electrons. The first kappa shape index (κ1) is 14.4. The normalized spacial score (nSPS) is 19.8. The zero-order valence-electron chi connectivity index (χ0n) is 11.3. The average Bonchev–Trinajstić information content (AvgIpc) is 2.38. The molecule has 0 spiro atoms. The number of ether oxygens (including phenoxy) is 1. The van der Waals surface area contributed by atoms with Gasteiger partial charge in [0, 0.05) is 24.7 Å². The molecular weight excluding hydrogens is 280 g/mol. The first-order valence-electron chi connectivity index (χ1n) is 6.01. The molecule has 1 aromatic rings. The average molecular weight is 294 g/mol. The molecule has 1 N–H and O–H groups in total. The number of hydrogen-bond acceptors (Lipinski definition) is 5. The van der Waals surface area contributed by atoms with Gasteiger partial charge >= 0.3 is 0 Å². The highest BCUT2D eigenvalue weighted by Crippen LogP contribution is 2.40. The maximum atomic E-state index is 12.5. The predicted octanol–water partition coefficient (Wildman–Crippen LogP) is 1.97. The van der Waals surface area contributed by atoms with Gasteiger partial charge in [-0.05, 0) is 19.9 Å². The van der Waals surface area contributed by atoms with Crippen molar-refractivity contribution in [2.45, 2.75) is 25.4 Å². The van der Waals surface area contributed by atoms with E-state index in [9.17, 15) is 14.9 Å². The lowest BCUT2D eigenvalue weighted by molar-refractivity contribution is -0.385. The standard InChI is InChI=1S/C13H14N2O4S/c1-13(2)11(16)10(12(20)14-3)8-6-7(15(17)18)4-5-9(8)19-13/h4-6,10H,1-3H3,(H,14,20). The Morgan fingerprint density at radius 2 is 2.15 bits per heavy atom. The number of hydrogen-bond donors (Lipinski definition) is 1. The largest absolute Gasteiger partial charge is 0.480 e. The fraction of sp³-hybridized carbons (Fsp3) is 0.385. The fourth-order valence-corrected chi connectivity index (χ4v) is 2.42. The number of nitro benzene ring substituents is 1. The van der Waals surface area contributed by atoms with Crippen molar-refractivity contribution in [3.05, 3.63) is 33.9 Å². The minimum Gasteiger partial charge on any atom is -0.480 e. The Kier molecular flexibility index (Phi) is 3.47. The zero-order valence-corrected chi connectivity index (χ0v) is 12.1. The Morgan fingerprint density at radius 1 is 1.50 bits per heavy atom. The van der Waals surface area contributed by atoms with Gasteiger partial charge in [0.2, 0.25) is 0 Å². The van der Waals surface area contributed by atoms with Gasteiger partial charge in [0.15, 0.2) is 11.4 Å². The fourth-order valence-electron chi connectivity index (χ4n) is 2.19. The molecule has 0 bridgehead atoms. The molecular formula is C13H14N2O4S. The Morgan fingerprint density at radius 3 is 2.70 bits per heavy atom. The highest BCUT2D eigenvalue weighted by molar-refractivity contribution is 7.80. The highest BCUT2D eigenvalue weighted by atomic mass is 32.1. The molecule has 0 saturated heterocycles. The molecule has 0 aromatic heterocycles. The Balaban J connectivity index is 2.62. The SMILES string of the molecule is CNC(=S)C1C(=O)C(C)(C)Oc2ccc([N+](=O)[O-])cc21. The number of Topliss-reactive ketones (excluding diaryl/α,β-unsaturated/α-hetero) is 1. The summed E-state index contributed by atoms with van der Waals surface area (Å²) < 4.78 is 5.63. The smallest absolute Gasteiger partial charge is 0.270 e. The molecule has 1 unspecified atom stereocenters. The molecule has 2 rings (SSSR count). The molecule has 0 radical (unpaired) electrons. The Bertz CT molecular complexity index is 612. The number of fused-ring (bicyclic) bond motifs is 1. The summed E-state index contributed by atoms with van der Waals surface area (Å²) in [6, 6.07) is 4.20. The van der Waals surface area contributed by atoms with Gasteiger partial charge in [-0.3, -0.25) is 14.9 Å². The maximum Gasteiger partial charge on any atom is 0.270 e. The van der Waals surface area contributed by atoms with Crippen LogP contribution in [0.15, 0.2) is 18.2 Å². The van der Waals surface area contributed by atoms with Crippen molar-refractivity contribution in [2.75, 3.05) is 7.05 Å². The van der Waals surface area contributed by atoms with Crippen molar-refractivity contribution in [1.29, 1.82) is 0 Å². The first-order valence-corrected chi connectivity index (χ1v) is 6.42. The van der Waals surface area contributed by atoms with E-state index >= 15 is 0 Å². The van der Waals surface area contributed by atoms with Crippen LogP contribution in [-0.2, 0) is 4.79 Å². The van der Waals surface area contributed by atoms with Gasteiger partial charge in [0.25, 0.3) is 5.69 Å². The second-order valence-electron chi connectivity index (χ2n) is 5.00. The van der Waals surface area contributed by atoms with Gasteiger partial charge in [0.1, 0.15) is 11.7 Å². The van der Waals surface area contributed by atoms with Gasteiger partial charge in [0.05, 0.1) is 9.91 Å². The molecule has 1 aliphatic heterocycles. The van der Waals surface area contributed by atoms with Crippen molar-refractivity contribution < 1.29 is 14.5 Å². The third-order valence-electron chi connectivity index (χ3n) is 3.24. The van der Waals surface area contributed by atoms with Gasteiger partial charge in [-0.25, -0.2) is 0 Å². The lowest BCUT2D eigenvalue weighted by Gasteiger charge is -2.36. The minimum absolute atomic E-state index is 0.0937. The van der Waals surface area contributed by atoms with Gasteiger partial charge in [-0.2, -0.15) is 0 Å². The van der Waals surface area contributed by atoms with Crippen LogP contribution < -0.4 is 10.1 Å². The number of nitro groups is 1. The van der Waals surface area contributed by atoms with Crippen molar-refractivity contribution in [2.24, 2.45) is 0 Å². The predicted molar refractivity (Wildman–Crippen MR) is 77.2 cm³/mol. The molecule has 1 aromatic carbocycles. The molecule has 1 heterocycles. The molecule has 6 nitrogen and oxygen atoms in total. The van der Waals surface area contributed by atoms with E-state index in [1.54, 1.807) is 20.9 Å². The Labute approximate surface area is 121 Å². The van der Waals surface area contributed by atoms with E-state index in [0.717, 1.165) is 0 Å². The quantitative estimate of drug-likeness (QED) is 0.510. The number of carbonyl (C=O) groups excluding carboxylic acids is 1. The molecule has 1 aliphatic rings. The minimum atomic E-state index is -1.02. The summed E-state index contributed by atoms with van der Waals surface area (Å²) >= 11 is 5.18. The summed E-state index contributed by atoms with van der Waals surface area (Å²) in [7, 11) is 1.62. The number of nitrogens with zero attached hydrogens (tertiary/aromatic N) is 1. The summed E-state index contributed by atoms with van der Waals surface area (Å²) in [5.74, 6) is -0.499. The van der Waals surface area contributed by atoms with E-state index in [1.165, 1.54) is 18.2 Å². The van der Waals surface area contributed by atoms with Crippen molar-refractivity contribution in [3.63, 3.8) is 0 Å². The number of rotatable bonds is 2. The van der Waals surface area contributed by atoms with E-state index in [1.807, 2.05) is 0 Å². The van der Waals surface area contributed by atoms with Crippen LogP contribution in [0.1, 0.15) is 25.3 Å². The van der Waals surface area contributed by atoms with Crippen LogP contribution in [-0.4, -0.2) is 28.3 Å². The summed E-state index contributed by atoms with van der Waals surface area (Å²) in [4.78, 5) is 23.2. The van der Waals surface area contributed by atoms with Crippen LogP contribution in [0.4, 0.5) is 5.69 Å². The van der Waals surface area contributed by atoms with Crippen LogP contribution in [0.25, 0.3) is 0 Å². The van der Waals surface area contributed by atoms with E-state index in [-0.39, 0.29) is 11.5 Å². The second kappa shape index (κ2) is 4.82. The number of carbonyl (C=O) groups is 1. The Hall–Kier alpha value is -2.02. The van der Waals surface area contributed by atoms with Crippen LogP contribution in [0, 0.1) is 10.1 Å². The van der Waals surface area contributed by atoms with E-state index in [2.05, 4.69) is 5.32 Å². The van der Waals surface area contributed by atoms with Crippen LogP contribution in [0.2, 0.25) is 0 Å². The van der Waals surface area contributed by atoms with E-state index < -0.39 is 16.4 Å². The molecule has 20 heavy (non-hydrogen) atoms. The maximum absolute atomic E-state index is 12.5. The molecule has 0 amide bonds. The zero-order chi connectivity index (χ0) is 15.1. The third kappa shape index (κ3) is 2.24. The van der Waals surface area contributed by atoms with Gasteiger partial charge in [-0.1, -0.05) is 12.2 Å². The van der Waals surface area contributed by atoms with Crippen molar-refractivity contribution >= 4 is 28.7 Å². The third-order valence-corrected chi connectivity index (χ3v) is 3.68. The van der Waals surface area contributed by atoms with E-state index in [4.69, 9.17) is 17.0 Å². The summed E-state index contributed by atoms with van der Waals surface area (Å²) in [6.45, 7) is 3.32. The number of non-ortho nitro benzene ring substituents is 1. The number of benzene rings is 1. The van der Waals surface area contributed by atoms with Crippen molar-refractivity contribution in [1.82, 2.24) is 5.32 Å². The summed E-state index contributed by atoms with van der Waals surface area (Å²) in [6.07, 6.45) is 0. The van der Waals surface area contributed by atoms with Crippen LogP contribution >= 0.6 is 12.2 Å². The lowest BCUT2D eigenvalue weighted by atomic mass is 9.82. The van der Waals surface area contributed by atoms with Crippen molar-refractivity contribution in [3.8, 4) is 5.75 Å². The first-order chi connectivity index (χ1) is 9.27. The lowest BCUT2D eigenvalue weighted by Crippen LogP contribution is -2.48. The highest BCUT2D eigenvalue weighted by Gasteiger charge is 2.44. The van der Waals surface area contributed by atoms with Crippen LogP contribution in [0.3, 0.4) is 0 Å². The molecule has 7 heteroatoms. The second-order valence-corrected chi connectivity index (χ2v) is 5.44. The number of likely N-dealkylation sites (N-methyl/N-ethyl adjacent to an activating group) is 1. The van der Waals surface area contributed by atoms with Crippen LogP contribution in [0.5, 0.6) is 5.75 Å². The summed E-state index contributed by atoms with van der Waals surface area (Å²) in [5, 5.41) is 13.7. The molecule has 0 fully saturated rings. The molecule has 0 aliphatic carbocycles.